The number of amides is 1. The molecule has 110 valence electrons. The van der Waals surface area contributed by atoms with Crippen LogP contribution in [0.3, 0.4) is 0 Å². The minimum atomic E-state index is -0.544. The Labute approximate surface area is 128 Å². The van der Waals surface area contributed by atoms with Crippen LogP contribution < -0.4 is 15.8 Å². The van der Waals surface area contributed by atoms with E-state index in [0.29, 0.717) is 17.5 Å². The van der Waals surface area contributed by atoms with Crippen LogP contribution in [-0.2, 0) is 4.79 Å². The van der Waals surface area contributed by atoms with Gasteiger partial charge in [0.2, 0.25) is 0 Å². The number of halogens is 1. The van der Waals surface area contributed by atoms with E-state index in [4.69, 9.17) is 10.5 Å². The Morgan fingerprint density at radius 2 is 2.10 bits per heavy atom. The summed E-state index contributed by atoms with van der Waals surface area (Å²) in [6.07, 6.45) is 3.98. The van der Waals surface area contributed by atoms with Gasteiger partial charge in [-0.3, -0.25) is 4.79 Å². The Bertz CT molecular complexity index is 476. The van der Waals surface area contributed by atoms with E-state index >= 15 is 0 Å². The first-order valence-corrected chi connectivity index (χ1v) is 7.79. The molecule has 2 rings (SSSR count). The third-order valence-electron chi connectivity index (χ3n) is 3.63. The lowest BCUT2D eigenvalue weighted by atomic mass is 10.2. The summed E-state index contributed by atoms with van der Waals surface area (Å²) in [4.78, 5) is 12.1. The zero-order valence-electron chi connectivity index (χ0n) is 11.9. The average molecular weight is 341 g/mol. The van der Waals surface area contributed by atoms with Crippen molar-refractivity contribution < 1.29 is 9.53 Å². The number of carbonyl (C=O) groups excluding carboxylic acids is 1. The number of aryl methyl sites for hydroxylation is 1. The lowest BCUT2D eigenvalue weighted by Crippen LogP contribution is -2.41. The van der Waals surface area contributed by atoms with E-state index in [-0.39, 0.29) is 5.91 Å². The van der Waals surface area contributed by atoms with Gasteiger partial charge in [-0.1, -0.05) is 28.8 Å². The molecular formula is C15H21BrN2O2. The van der Waals surface area contributed by atoms with E-state index in [1.54, 1.807) is 13.0 Å². The molecule has 1 saturated carbocycles. The monoisotopic (exact) mass is 340 g/mol. The average Bonchev–Trinajstić information content (AvgIpc) is 2.86. The molecule has 1 aliphatic carbocycles. The molecule has 1 aromatic carbocycles. The van der Waals surface area contributed by atoms with E-state index < -0.39 is 6.10 Å². The van der Waals surface area contributed by atoms with Crippen molar-refractivity contribution in [2.24, 2.45) is 0 Å². The van der Waals surface area contributed by atoms with Gasteiger partial charge in [-0.2, -0.15) is 0 Å². The van der Waals surface area contributed by atoms with Crippen molar-refractivity contribution in [2.45, 2.75) is 51.7 Å². The molecule has 0 saturated heterocycles. The van der Waals surface area contributed by atoms with Crippen LogP contribution in [0.25, 0.3) is 0 Å². The fourth-order valence-corrected chi connectivity index (χ4v) is 3.13. The summed E-state index contributed by atoms with van der Waals surface area (Å²) in [5.41, 5.74) is 7.40. The second kappa shape index (κ2) is 6.48. The molecule has 20 heavy (non-hydrogen) atoms. The molecule has 0 spiro atoms. The summed E-state index contributed by atoms with van der Waals surface area (Å²) in [6, 6.07) is 4.01. The van der Waals surface area contributed by atoms with Crippen LogP contribution in [-0.4, -0.2) is 18.1 Å². The fraction of sp³-hybridized carbons (Fsp3) is 0.533. The summed E-state index contributed by atoms with van der Waals surface area (Å²) < 4.78 is 6.65. The number of hydrogen-bond acceptors (Lipinski definition) is 3. The molecule has 1 aliphatic rings. The Balaban J connectivity index is 2.00. The van der Waals surface area contributed by atoms with Gasteiger partial charge < -0.3 is 15.8 Å². The normalized spacial score (nSPS) is 16.9. The van der Waals surface area contributed by atoms with Crippen LogP contribution in [0.1, 0.15) is 38.2 Å². The van der Waals surface area contributed by atoms with Crippen LogP contribution in [0.4, 0.5) is 5.69 Å². The van der Waals surface area contributed by atoms with Crippen molar-refractivity contribution >= 4 is 27.5 Å². The van der Waals surface area contributed by atoms with Crippen molar-refractivity contribution in [3.05, 3.63) is 22.2 Å². The first kappa shape index (κ1) is 15.2. The van der Waals surface area contributed by atoms with Gasteiger partial charge in [0.15, 0.2) is 6.10 Å². The van der Waals surface area contributed by atoms with Crippen LogP contribution in [0.2, 0.25) is 0 Å². The number of rotatable bonds is 4. The zero-order valence-corrected chi connectivity index (χ0v) is 13.5. The number of benzene rings is 1. The first-order valence-electron chi connectivity index (χ1n) is 7.00. The fourth-order valence-electron chi connectivity index (χ4n) is 2.54. The standard InChI is InChI=1S/C15H21BrN2O2/c1-9-7-11(16)8-13(17)14(9)20-10(2)15(19)18-12-5-3-4-6-12/h7-8,10,12H,3-6,17H2,1-2H3,(H,18,19). The highest BCUT2D eigenvalue weighted by molar-refractivity contribution is 9.10. The van der Waals surface area contributed by atoms with Gasteiger partial charge in [0.1, 0.15) is 5.75 Å². The molecule has 0 bridgehead atoms. The van der Waals surface area contributed by atoms with E-state index in [1.807, 2.05) is 13.0 Å². The lowest BCUT2D eigenvalue weighted by molar-refractivity contribution is -0.127. The number of nitrogens with one attached hydrogen (secondary N) is 1. The molecule has 0 aromatic heterocycles. The summed E-state index contributed by atoms with van der Waals surface area (Å²) in [5.74, 6) is 0.515. The molecule has 4 nitrogen and oxygen atoms in total. The summed E-state index contributed by atoms with van der Waals surface area (Å²) in [6.45, 7) is 3.67. The van der Waals surface area contributed by atoms with Gasteiger partial charge in [-0.25, -0.2) is 0 Å². The molecule has 1 amide bonds. The number of hydrogen-bond donors (Lipinski definition) is 2. The molecule has 1 fully saturated rings. The zero-order chi connectivity index (χ0) is 14.7. The minimum absolute atomic E-state index is 0.0707. The Hall–Kier alpha value is -1.23. The van der Waals surface area contributed by atoms with E-state index in [2.05, 4.69) is 21.2 Å². The van der Waals surface area contributed by atoms with Gasteiger partial charge in [0.05, 0.1) is 5.69 Å². The van der Waals surface area contributed by atoms with Crippen molar-refractivity contribution in [3.8, 4) is 5.75 Å². The van der Waals surface area contributed by atoms with Crippen molar-refractivity contribution in [2.75, 3.05) is 5.73 Å². The number of nitrogen functional groups attached to an aromatic ring is 1. The van der Waals surface area contributed by atoms with Crippen molar-refractivity contribution in [3.63, 3.8) is 0 Å². The highest BCUT2D eigenvalue weighted by Gasteiger charge is 2.22. The first-order chi connectivity index (χ1) is 9.47. The van der Waals surface area contributed by atoms with Gasteiger partial charge in [-0.15, -0.1) is 0 Å². The van der Waals surface area contributed by atoms with Gasteiger partial charge in [0, 0.05) is 10.5 Å². The largest absolute Gasteiger partial charge is 0.478 e. The Morgan fingerprint density at radius 1 is 1.45 bits per heavy atom. The molecular weight excluding hydrogens is 320 g/mol. The molecule has 1 aromatic rings. The molecule has 5 heteroatoms. The van der Waals surface area contributed by atoms with Crippen LogP contribution in [0, 0.1) is 6.92 Å². The number of anilines is 1. The quantitative estimate of drug-likeness (QED) is 0.827. The molecule has 3 N–H and O–H groups in total. The molecule has 1 atom stereocenters. The molecule has 1 unspecified atom stereocenters. The topological polar surface area (TPSA) is 64.3 Å². The lowest BCUT2D eigenvalue weighted by Gasteiger charge is -2.20. The molecule has 0 heterocycles. The van der Waals surface area contributed by atoms with Gasteiger partial charge >= 0.3 is 0 Å². The maximum Gasteiger partial charge on any atom is 0.260 e. The smallest absolute Gasteiger partial charge is 0.260 e. The Morgan fingerprint density at radius 3 is 2.70 bits per heavy atom. The van der Waals surface area contributed by atoms with Crippen LogP contribution in [0.5, 0.6) is 5.75 Å². The summed E-state index contributed by atoms with van der Waals surface area (Å²) in [7, 11) is 0. The highest BCUT2D eigenvalue weighted by atomic mass is 79.9. The predicted octanol–water partition coefficient (Wildman–Crippen LogP) is 3.17. The van der Waals surface area contributed by atoms with E-state index in [9.17, 15) is 4.79 Å². The highest BCUT2D eigenvalue weighted by Crippen LogP contribution is 2.31. The second-order valence-electron chi connectivity index (χ2n) is 5.39. The Kier molecular flexibility index (Phi) is 4.91. The van der Waals surface area contributed by atoms with Crippen molar-refractivity contribution in [1.29, 1.82) is 0 Å². The third kappa shape index (κ3) is 3.66. The predicted molar refractivity (Wildman–Crippen MR) is 83.8 cm³/mol. The van der Waals surface area contributed by atoms with Crippen molar-refractivity contribution in [1.82, 2.24) is 5.32 Å². The SMILES string of the molecule is Cc1cc(Br)cc(N)c1OC(C)C(=O)NC1CCCC1. The number of ether oxygens (including phenoxy) is 1. The molecule has 0 aliphatic heterocycles. The summed E-state index contributed by atoms with van der Waals surface area (Å²) in [5, 5.41) is 3.04. The van der Waals surface area contributed by atoms with E-state index in [0.717, 1.165) is 22.9 Å². The van der Waals surface area contributed by atoms with Crippen LogP contribution in [0.15, 0.2) is 16.6 Å². The van der Waals surface area contributed by atoms with E-state index in [1.165, 1.54) is 12.8 Å². The second-order valence-corrected chi connectivity index (χ2v) is 6.31. The minimum Gasteiger partial charge on any atom is -0.478 e. The maximum atomic E-state index is 12.1. The summed E-state index contributed by atoms with van der Waals surface area (Å²) >= 11 is 3.39. The van der Waals surface area contributed by atoms with Gasteiger partial charge in [0.25, 0.3) is 5.91 Å². The third-order valence-corrected chi connectivity index (χ3v) is 4.09. The number of carbonyl (C=O) groups is 1. The van der Waals surface area contributed by atoms with Gasteiger partial charge in [-0.05, 0) is 44.4 Å². The maximum absolute atomic E-state index is 12.1. The number of nitrogens with two attached hydrogens (primary N) is 1. The van der Waals surface area contributed by atoms with Crippen LogP contribution >= 0.6 is 15.9 Å². The molecule has 0 radical (unpaired) electrons.